The van der Waals surface area contributed by atoms with Gasteiger partial charge in [-0.15, -0.1) is 0 Å². The molecule has 0 spiro atoms. The van der Waals surface area contributed by atoms with Crippen molar-refractivity contribution in [2.75, 3.05) is 14.7 Å². The molecule has 0 fully saturated rings. The molecule has 2 aliphatic heterocycles. The highest BCUT2D eigenvalue weighted by molar-refractivity contribution is 6.99. The van der Waals surface area contributed by atoms with E-state index in [1.807, 2.05) is 0 Å². The number of anilines is 9. The van der Waals surface area contributed by atoms with Gasteiger partial charge >= 0.3 is 0 Å². The third-order valence-corrected chi connectivity index (χ3v) is 17.5. The molecule has 0 bridgehead atoms. The summed E-state index contributed by atoms with van der Waals surface area (Å²) in [6.07, 6.45) is 0. The second-order valence-electron chi connectivity index (χ2n) is 28.8. The van der Waals surface area contributed by atoms with Crippen LogP contribution in [0.4, 0.5) is 51.2 Å². The van der Waals surface area contributed by atoms with E-state index >= 15 is 0 Å². The molecule has 10 aromatic carbocycles. The van der Waals surface area contributed by atoms with Gasteiger partial charge in [-0.3, -0.25) is 0 Å². The molecule has 85 heavy (non-hydrogen) atoms. The van der Waals surface area contributed by atoms with Crippen molar-refractivity contribution in [3.63, 3.8) is 0 Å². The summed E-state index contributed by atoms with van der Waals surface area (Å²) in [7, 11) is 0. The van der Waals surface area contributed by atoms with Crippen LogP contribution in [0.15, 0.2) is 224 Å². The van der Waals surface area contributed by atoms with Gasteiger partial charge in [0.1, 0.15) is 11.5 Å². The van der Waals surface area contributed by atoms with Crippen molar-refractivity contribution in [3.05, 3.63) is 252 Å². The van der Waals surface area contributed by atoms with Crippen LogP contribution in [-0.2, 0) is 27.1 Å². The van der Waals surface area contributed by atoms with Crippen molar-refractivity contribution in [2.24, 2.45) is 0 Å². The van der Waals surface area contributed by atoms with E-state index < -0.39 is 0 Å². The molecule has 426 valence electrons. The fourth-order valence-corrected chi connectivity index (χ4v) is 12.5. The van der Waals surface area contributed by atoms with Crippen LogP contribution in [0.5, 0.6) is 11.5 Å². The van der Waals surface area contributed by atoms with Crippen LogP contribution in [0.3, 0.4) is 0 Å². The number of benzene rings is 10. The third-order valence-electron chi connectivity index (χ3n) is 17.5. The summed E-state index contributed by atoms with van der Waals surface area (Å²) in [6.45, 7) is 34.2. The second-order valence-corrected chi connectivity index (χ2v) is 28.8. The Balaban J connectivity index is 1.14. The number of para-hydroxylation sites is 1. The number of fused-ring (bicyclic) bond motifs is 4. The standard InChI is InChI=1S/C80H82BN3O/c1-76(2,3)55-29-37-60(38-30-55)82(61-39-31-56(32-40-61)77(4,5)6)64-45-47-68-70(51-64)84(75-66(53-23-18-16-19-24-53)27-22-28-67(75)54-25-20-17-21-26-54)71-49-59(80(13,14)15)50-73-74(71)81(68)69-48-46-65(52-72(69)85-73)83(62-41-33-57(34-42-62)78(7,8)9)63-43-35-58(36-44-63)79(10,11)12/h16-52H,1-15H3. The molecule has 0 atom stereocenters. The van der Waals surface area contributed by atoms with Crippen LogP contribution in [0.2, 0.25) is 0 Å². The third kappa shape index (κ3) is 10.9. The Morgan fingerprint density at radius 1 is 0.306 bits per heavy atom. The van der Waals surface area contributed by atoms with Gasteiger partial charge in [0.05, 0.1) is 5.69 Å². The largest absolute Gasteiger partial charge is 0.458 e. The van der Waals surface area contributed by atoms with E-state index in [-0.39, 0.29) is 33.8 Å². The Morgan fingerprint density at radius 2 is 0.671 bits per heavy atom. The highest BCUT2D eigenvalue weighted by atomic mass is 16.5. The first-order chi connectivity index (χ1) is 40.3. The van der Waals surface area contributed by atoms with Gasteiger partial charge in [-0.1, -0.05) is 243 Å². The summed E-state index contributed by atoms with van der Waals surface area (Å²) in [6, 6.07) is 84.4. The summed E-state index contributed by atoms with van der Waals surface area (Å²) >= 11 is 0. The second kappa shape index (κ2) is 21.2. The highest BCUT2D eigenvalue weighted by Gasteiger charge is 2.44. The number of nitrogens with zero attached hydrogens (tertiary/aromatic N) is 3. The van der Waals surface area contributed by atoms with E-state index in [1.54, 1.807) is 0 Å². The maximum absolute atomic E-state index is 7.56. The summed E-state index contributed by atoms with van der Waals surface area (Å²) in [4.78, 5) is 7.44. The predicted octanol–water partition coefficient (Wildman–Crippen LogP) is 20.9. The molecule has 5 heteroatoms. The van der Waals surface area contributed by atoms with Crippen LogP contribution >= 0.6 is 0 Å². The van der Waals surface area contributed by atoms with Crippen LogP contribution < -0.4 is 35.8 Å². The SMILES string of the molecule is CC(C)(C)c1ccc(N(c2ccc(C(C)(C)C)cc2)c2ccc3c(c2)Oc2cc(C(C)(C)C)cc4c2B3c2ccc(N(c3ccc(C(C)(C)C)cc3)c3ccc(C(C)(C)C)cc3)cc2N4c2c(-c3ccccc3)cccc2-c2ccccc2)cc1. The van der Waals surface area contributed by atoms with E-state index in [1.165, 1.54) is 33.3 Å². The molecular formula is C80H82BN3O. The average Bonchev–Trinajstić information content (AvgIpc) is 0.746. The minimum absolute atomic E-state index is 0.000744. The summed E-state index contributed by atoms with van der Waals surface area (Å²) in [5.41, 5.74) is 24.1. The van der Waals surface area contributed by atoms with Gasteiger partial charge in [-0.2, -0.15) is 0 Å². The number of rotatable bonds is 9. The molecule has 0 aliphatic carbocycles. The zero-order chi connectivity index (χ0) is 60.0. The topological polar surface area (TPSA) is 19.0 Å². The fraction of sp³-hybridized carbons (Fsp3) is 0.250. The van der Waals surface area contributed by atoms with Crippen molar-refractivity contribution in [1.82, 2.24) is 0 Å². The minimum Gasteiger partial charge on any atom is -0.458 e. The molecule has 2 heterocycles. The van der Waals surface area contributed by atoms with Crippen LogP contribution in [0, 0.1) is 0 Å². The molecule has 0 saturated heterocycles. The summed E-state index contributed by atoms with van der Waals surface area (Å²) in [5.74, 6) is 1.73. The monoisotopic (exact) mass is 1110 g/mol. The lowest BCUT2D eigenvalue weighted by molar-refractivity contribution is 0.483. The maximum Gasteiger partial charge on any atom is 0.256 e. The van der Waals surface area contributed by atoms with Gasteiger partial charge in [-0.05, 0) is 161 Å². The summed E-state index contributed by atoms with van der Waals surface area (Å²) in [5, 5.41) is 0. The Morgan fingerprint density at radius 3 is 1.06 bits per heavy atom. The van der Waals surface area contributed by atoms with Crippen LogP contribution in [0.25, 0.3) is 22.3 Å². The zero-order valence-corrected chi connectivity index (χ0v) is 52.7. The maximum atomic E-state index is 7.56. The van der Waals surface area contributed by atoms with E-state index in [2.05, 4.69) is 343 Å². The van der Waals surface area contributed by atoms with Crippen molar-refractivity contribution in [3.8, 4) is 33.8 Å². The molecule has 2 aliphatic rings. The first kappa shape index (κ1) is 56.9. The van der Waals surface area contributed by atoms with Crippen molar-refractivity contribution < 1.29 is 4.74 Å². The number of ether oxygens (including phenoxy) is 1. The zero-order valence-electron chi connectivity index (χ0n) is 52.7. The van der Waals surface area contributed by atoms with Gasteiger partial charge in [0.25, 0.3) is 6.71 Å². The smallest absolute Gasteiger partial charge is 0.256 e. The molecule has 0 aromatic heterocycles. The van der Waals surface area contributed by atoms with E-state index in [0.29, 0.717) is 0 Å². The van der Waals surface area contributed by atoms with Crippen molar-refractivity contribution in [2.45, 2.75) is 131 Å². The molecule has 0 N–H and O–H groups in total. The minimum atomic E-state index is -0.230. The van der Waals surface area contributed by atoms with Crippen LogP contribution in [-0.4, -0.2) is 6.71 Å². The molecule has 0 radical (unpaired) electrons. The first-order valence-corrected chi connectivity index (χ1v) is 30.5. The molecule has 10 aromatic rings. The number of hydrogen-bond donors (Lipinski definition) is 0. The van der Waals surface area contributed by atoms with Crippen molar-refractivity contribution >= 4 is 74.3 Å². The highest BCUT2D eigenvalue weighted by Crippen LogP contribution is 2.52. The number of hydrogen-bond acceptors (Lipinski definition) is 4. The van der Waals surface area contributed by atoms with E-state index in [9.17, 15) is 0 Å². The van der Waals surface area contributed by atoms with Gasteiger partial charge < -0.3 is 19.4 Å². The van der Waals surface area contributed by atoms with Gasteiger partial charge in [0.2, 0.25) is 0 Å². The van der Waals surface area contributed by atoms with E-state index in [4.69, 9.17) is 4.74 Å². The molecular weight excluding hydrogens is 1030 g/mol. The predicted molar refractivity (Wildman–Crippen MR) is 366 cm³/mol. The van der Waals surface area contributed by atoms with Crippen molar-refractivity contribution in [1.29, 1.82) is 0 Å². The molecule has 0 unspecified atom stereocenters. The Hall–Kier alpha value is -8.54. The Labute approximate surface area is 507 Å². The normalized spacial score (nSPS) is 13.2. The average molecular weight is 1110 g/mol. The first-order valence-electron chi connectivity index (χ1n) is 30.5. The van der Waals surface area contributed by atoms with Gasteiger partial charge in [-0.25, -0.2) is 0 Å². The molecule has 0 amide bonds. The lowest BCUT2D eigenvalue weighted by atomic mass is 9.34. The fourth-order valence-electron chi connectivity index (χ4n) is 12.5. The Kier molecular flexibility index (Phi) is 14.2. The van der Waals surface area contributed by atoms with Gasteiger partial charge in [0, 0.05) is 62.7 Å². The van der Waals surface area contributed by atoms with E-state index in [0.717, 1.165) is 95.9 Å². The lowest BCUT2D eigenvalue weighted by Crippen LogP contribution is -2.59. The molecule has 12 rings (SSSR count). The lowest BCUT2D eigenvalue weighted by Gasteiger charge is -2.43. The van der Waals surface area contributed by atoms with Crippen LogP contribution in [0.1, 0.15) is 132 Å². The molecule has 4 nitrogen and oxygen atoms in total. The van der Waals surface area contributed by atoms with Gasteiger partial charge in [0.15, 0.2) is 0 Å². The molecule has 0 saturated carbocycles. The summed E-state index contributed by atoms with van der Waals surface area (Å²) < 4.78 is 7.56. The quantitative estimate of drug-likeness (QED) is 0.134. The Bertz CT molecular complexity index is 3900.